The molecule has 2 aromatic rings. The van der Waals surface area contributed by atoms with Crippen LogP contribution in [-0.2, 0) is 17.8 Å². The molecule has 0 aliphatic carbocycles. The second-order valence-electron chi connectivity index (χ2n) is 8.40. The minimum atomic E-state index is 0.219. The van der Waals surface area contributed by atoms with Crippen molar-refractivity contribution in [3.05, 3.63) is 53.6 Å². The van der Waals surface area contributed by atoms with Gasteiger partial charge in [-0.3, -0.25) is 9.69 Å². The third-order valence-electron chi connectivity index (χ3n) is 6.49. The SMILES string of the molecule is CCCCc1ncc(CN2CC[C@@H]3[C@H](C2)[C@@H](c2ccccc2)CN3C(C)=O)[nH]1. The van der Waals surface area contributed by atoms with Crippen LogP contribution in [0.25, 0.3) is 0 Å². The third-order valence-corrected chi connectivity index (χ3v) is 6.49. The van der Waals surface area contributed by atoms with E-state index in [2.05, 4.69) is 57.0 Å². The number of rotatable bonds is 6. The molecule has 1 N–H and O–H groups in total. The summed E-state index contributed by atoms with van der Waals surface area (Å²) in [5, 5.41) is 0. The van der Waals surface area contributed by atoms with Crippen molar-refractivity contribution in [1.29, 1.82) is 0 Å². The lowest BCUT2D eigenvalue weighted by molar-refractivity contribution is -0.130. The van der Waals surface area contributed by atoms with Crippen molar-refractivity contribution in [2.75, 3.05) is 19.6 Å². The maximum absolute atomic E-state index is 12.2. The molecule has 28 heavy (non-hydrogen) atoms. The Morgan fingerprint density at radius 3 is 2.82 bits per heavy atom. The van der Waals surface area contributed by atoms with Gasteiger partial charge in [0.2, 0.25) is 5.91 Å². The average molecular weight is 381 g/mol. The van der Waals surface area contributed by atoms with E-state index < -0.39 is 0 Å². The van der Waals surface area contributed by atoms with Gasteiger partial charge in [-0.25, -0.2) is 4.98 Å². The Balaban J connectivity index is 1.46. The van der Waals surface area contributed by atoms with Gasteiger partial charge in [0.15, 0.2) is 0 Å². The first kappa shape index (κ1) is 19.2. The lowest BCUT2D eigenvalue weighted by Crippen LogP contribution is -2.47. The molecule has 3 heterocycles. The summed E-state index contributed by atoms with van der Waals surface area (Å²) in [6.45, 7) is 7.78. The molecule has 4 rings (SSSR count). The van der Waals surface area contributed by atoms with Gasteiger partial charge in [-0.2, -0.15) is 0 Å². The van der Waals surface area contributed by atoms with Crippen LogP contribution >= 0.6 is 0 Å². The Bertz CT molecular complexity index is 787. The van der Waals surface area contributed by atoms with Gasteiger partial charge in [0, 0.05) is 69.3 Å². The van der Waals surface area contributed by atoms with E-state index in [4.69, 9.17) is 0 Å². The number of piperidine rings is 1. The normalized spacial score (nSPS) is 25.1. The number of hydrogen-bond donors (Lipinski definition) is 1. The zero-order valence-corrected chi connectivity index (χ0v) is 17.1. The second-order valence-corrected chi connectivity index (χ2v) is 8.40. The molecule has 5 heteroatoms. The largest absolute Gasteiger partial charge is 0.345 e. The van der Waals surface area contributed by atoms with Gasteiger partial charge in [-0.05, 0) is 18.4 Å². The molecule has 1 amide bonds. The molecule has 0 unspecified atom stereocenters. The molecule has 5 nitrogen and oxygen atoms in total. The Morgan fingerprint density at radius 1 is 1.25 bits per heavy atom. The van der Waals surface area contributed by atoms with Crippen molar-refractivity contribution in [1.82, 2.24) is 19.8 Å². The van der Waals surface area contributed by atoms with Crippen LogP contribution in [0.5, 0.6) is 0 Å². The molecule has 0 saturated carbocycles. The molecule has 1 aromatic carbocycles. The van der Waals surface area contributed by atoms with Crippen LogP contribution in [0.1, 0.15) is 56.1 Å². The molecule has 3 atom stereocenters. The summed E-state index contributed by atoms with van der Waals surface area (Å²) in [6, 6.07) is 11.1. The number of carbonyl (C=O) groups is 1. The van der Waals surface area contributed by atoms with Crippen LogP contribution in [0, 0.1) is 5.92 Å². The minimum Gasteiger partial charge on any atom is -0.345 e. The molecular formula is C23H32N4O. The fourth-order valence-corrected chi connectivity index (χ4v) is 5.06. The highest BCUT2D eigenvalue weighted by Crippen LogP contribution is 2.41. The number of nitrogens with one attached hydrogen (secondary N) is 1. The first-order chi connectivity index (χ1) is 13.7. The fourth-order valence-electron chi connectivity index (χ4n) is 5.06. The number of hydrogen-bond acceptors (Lipinski definition) is 3. The average Bonchev–Trinajstić information content (AvgIpc) is 3.31. The summed E-state index contributed by atoms with van der Waals surface area (Å²) in [5.74, 6) is 2.26. The number of amides is 1. The summed E-state index contributed by atoms with van der Waals surface area (Å²) in [7, 11) is 0. The number of aromatic nitrogens is 2. The monoisotopic (exact) mass is 380 g/mol. The second kappa shape index (κ2) is 8.48. The predicted molar refractivity (Wildman–Crippen MR) is 111 cm³/mol. The number of likely N-dealkylation sites (tertiary alicyclic amines) is 2. The van der Waals surface area contributed by atoms with Crippen molar-refractivity contribution in [3.8, 4) is 0 Å². The molecular weight excluding hydrogens is 348 g/mol. The predicted octanol–water partition coefficient (Wildman–Crippen LogP) is 3.59. The van der Waals surface area contributed by atoms with Crippen LogP contribution in [-0.4, -0.2) is 51.4 Å². The first-order valence-electron chi connectivity index (χ1n) is 10.7. The highest BCUT2D eigenvalue weighted by molar-refractivity contribution is 5.74. The molecule has 2 aliphatic heterocycles. The topological polar surface area (TPSA) is 52.2 Å². The van der Waals surface area contributed by atoms with Gasteiger partial charge < -0.3 is 9.88 Å². The first-order valence-corrected chi connectivity index (χ1v) is 10.7. The van der Waals surface area contributed by atoms with Crippen LogP contribution < -0.4 is 0 Å². The molecule has 0 bridgehead atoms. The smallest absolute Gasteiger partial charge is 0.219 e. The molecule has 2 saturated heterocycles. The van der Waals surface area contributed by atoms with E-state index in [1.54, 1.807) is 6.92 Å². The van der Waals surface area contributed by atoms with Crippen LogP contribution in [0.4, 0.5) is 0 Å². The molecule has 0 radical (unpaired) electrons. The lowest BCUT2D eigenvalue weighted by Gasteiger charge is -2.38. The quantitative estimate of drug-likeness (QED) is 0.833. The van der Waals surface area contributed by atoms with Crippen molar-refractivity contribution in [3.63, 3.8) is 0 Å². The zero-order valence-electron chi connectivity index (χ0n) is 17.1. The van der Waals surface area contributed by atoms with Crippen LogP contribution in [0.15, 0.2) is 36.5 Å². The standard InChI is InChI=1S/C23H32N4O/c1-3-4-10-23-24-13-19(25-23)14-26-12-11-22-21(15-26)20(16-27(22)17(2)28)18-8-6-5-7-9-18/h5-9,13,20-22H,3-4,10-12,14-16H2,1-2H3,(H,24,25)/t20-,21-,22-/m1/s1. The highest BCUT2D eigenvalue weighted by atomic mass is 16.2. The molecule has 1 aromatic heterocycles. The number of aryl methyl sites for hydroxylation is 1. The van der Waals surface area contributed by atoms with E-state index in [-0.39, 0.29) is 5.91 Å². The number of aromatic amines is 1. The maximum atomic E-state index is 12.2. The summed E-state index contributed by atoms with van der Waals surface area (Å²) in [4.78, 5) is 25.0. The van der Waals surface area contributed by atoms with E-state index >= 15 is 0 Å². The summed E-state index contributed by atoms with van der Waals surface area (Å²) in [5.41, 5.74) is 2.58. The Kier molecular flexibility index (Phi) is 5.81. The van der Waals surface area contributed by atoms with E-state index in [1.165, 1.54) is 24.1 Å². The van der Waals surface area contributed by atoms with E-state index in [9.17, 15) is 4.79 Å². The Labute approximate surface area is 168 Å². The van der Waals surface area contributed by atoms with E-state index in [1.807, 2.05) is 6.20 Å². The zero-order chi connectivity index (χ0) is 19.5. The Morgan fingerprint density at radius 2 is 2.07 bits per heavy atom. The maximum Gasteiger partial charge on any atom is 0.219 e. The van der Waals surface area contributed by atoms with Gasteiger partial charge in [-0.15, -0.1) is 0 Å². The van der Waals surface area contributed by atoms with Gasteiger partial charge in [0.1, 0.15) is 5.82 Å². The number of unbranched alkanes of at least 4 members (excludes halogenated alkanes) is 1. The van der Waals surface area contributed by atoms with Gasteiger partial charge in [-0.1, -0.05) is 43.7 Å². The summed E-state index contributed by atoms with van der Waals surface area (Å²) < 4.78 is 0. The third kappa shape index (κ3) is 4.00. The Hall–Kier alpha value is -2.14. The van der Waals surface area contributed by atoms with Gasteiger partial charge >= 0.3 is 0 Å². The number of benzene rings is 1. The van der Waals surface area contributed by atoms with Gasteiger partial charge in [0.05, 0.1) is 0 Å². The molecule has 2 aliphatic rings. The van der Waals surface area contributed by atoms with Gasteiger partial charge in [0.25, 0.3) is 0 Å². The summed E-state index contributed by atoms with van der Waals surface area (Å²) >= 11 is 0. The number of nitrogens with zero attached hydrogens (tertiary/aromatic N) is 3. The summed E-state index contributed by atoms with van der Waals surface area (Å²) in [6.07, 6.45) is 6.47. The highest BCUT2D eigenvalue weighted by Gasteiger charge is 2.46. The van der Waals surface area contributed by atoms with E-state index in [0.29, 0.717) is 17.9 Å². The number of fused-ring (bicyclic) bond motifs is 1. The van der Waals surface area contributed by atoms with Crippen LogP contribution in [0.2, 0.25) is 0 Å². The van der Waals surface area contributed by atoms with Crippen molar-refractivity contribution < 1.29 is 4.79 Å². The van der Waals surface area contributed by atoms with Crippen molar-refractivity contribution in [2.24, 2.45) is 5.92 Å². The molecule has 2 fully saturated rings. The number of carbonyl (C=O) groups excluding carboxylic acids is 1. The van der Waals surface area contributed by atoms with Crippen LogP contribution in [0.3, 0.4) is 0 Å². The molecule has 150 valence electrons. The van der Waals surface area contributed by atoms with Crippen molar-refractivity contribution in [2.45, 2.75) is 58.0 Å². The van der Waals surface area contributed by atoms with E-state index in [0.717, 1.165) is 44.8 Å². The lowest BCUT2D eigenvalue weighted by atomic mass is 9.82. The number of H-pyrrole nitrogens is 1. The van der Waals surface area contributed by atoms with Crippen molar-refractivity contribution >= 4 is 5.91 Å². The fraction of sp³-hybridized carbons (Fsp3) is 0.565. The molecule has 0 spiro atoms. The number of imidazole rings is 1. The minimum absolute atomic E-state index is 0.219.